The Morgan fingerprint density at radius 2 is 1.79 bits per heavy atom. The van der Waals surface area contributed by atoms with Crippen LogP contribution in [0.2, 0.25) is 0 Å². The van der Waals surface area contributed by atoms with Crippen LogP contribution in [0.3, 0.4) is 0 Å². The number of hydrogen-bond acceptors (Lipinski definition) is 4. The summed E-state index contributed by atoms with van der Waals surface area (Å²) < 4.78 is 11.8. The molecule has 1 heterocycles. The summed E-state index contributed by atoms with van der Waals surface area (Å²) in [7, 11) is 0. The maximum Gasteiger partial charge on any atom is 0.259 e. The van der Waals surface area contributed by atoms with E-state index in [-0.39, 0.29) is 5.56 Å². The van der Waals surface area contributed by atoms with Crippen molar-refractivity contribution < 1.29 is 9.47 Å². The van der Waals surface area contributed by atoms with Crippen LogP contribution < -0.4 is 15.0 Å². The lowest BCUT2D eigenvalue weighted by Crippen LogP contribution is -2.09. The molecule has 0 spiro atoms. The van der Waals surface area contributed by atoms with Gasteiger partial charge < -0.3 is 14.5 Å². The molecule has 0 unspecified atom stereocenters. The van der Waals surface area contributed by atoms with Crippen LogP contribution in [0.25, 0.3) is 22.3 Å². The van der Waals surface area contributed by atoms with E-state index in [1.54, 1.807) is 6.07 Å². The van der Waals surface area contributed by atoms with Gasteiger partial charge in [-0.2, -0.15) is 0 Å². The highest BCUT2D eigenvalue weighted by atomic mass is 16.5. The van der Waals surface area contributed by atoms with Gasteiger partial charge in [-0.15, -0.1) is 0 Å². The van der Waals surface area contributed by atoms with E-state index >= 15 is 0 Å². The molecule has 5 heteroatoms. The third-order valence-corrected chi connectivity index (χ3v) is 4.61. The van der Waals surface area contributed by atoms with Gasteiger partial charge in [-0.3, -0.25) is 4.79 Å². The number of para-hydroxylation sites is 1. The lowest BCUT2D eigenvalue weighted by molar-refractivity contribution is 0.269. The highest BCUT2D eigenvalue weighted by Crippen LogP contribution is 2.32. The molecule has 0 saturated carbocycles. The summed E-state index contributed by atoms with van der Waals surface area (Å²) in [6, 6.07) is 21.1. The maximum atomic E-state index is 12.4. The van der Waals surface area contributed by atoms with Crippen molar-refractivity contribution in [2.45, 2.75) is 20.5 Å². The zero-order valence-corrected chi connectivity index (χ0v) is 16.4. The summed E-state index contributed by atoms with van der Waals surface area (Å²) in [4.78, 5) is 19.8. The third kappa shape index (κ3) is 4.14. The second-order valence-corrected chi connectivity index (χ2v) is 6.80. The number of rotatable bonds is 6. The van der Waals surface area contributed by atoms with Gasteiger partial charge in [0.15, 0.2) is 11.5 Å². The smallest absolute Gasteiger partial charge is 0.259 e. The first-order valence-electron chi connectivity index (χ1n) is 9.58. The van der Waals surface area contributed by atoms with E-state index in [0.29, 0.717) is 41.4 Å². The zero-order chi connectivity index (χ0) is 20.2. The fraction of sp³-hybridized carbons (Fsp3) is 0.167. The molecular weight excluding hydrogens is 364 g/mol. The van der Waals surface area contributed by atoms with Gasteiger partial charge in [-0.05, 0) is 49.7 Å². The van der Waals surface area contributed by atoms with Gasteiger partial charge in [-0.1, -0.05) is 42.0 Å². The molecule has 0 radical (unpaired) electrons. The Kier molecular flexibility index (Phi) is 5.29. The molecule has 0 aliphatic rings. The molecule has 4 aromatic rings. The van der Waals surface area contributed by atoms with Gasteiger partial charge in [0.25, 0.3) is 5.56 Å². The lowest BCUT2D eigenvalue weighted by atomic mass is 10.1. The quantitative estimate of drug-likeness (QED) is 0.513. The van der Waals surface area contributed by atoms with Gasteiger partial charge in [0.2, 0.25) is 0 Å². The van der Waals surface area contributed by atoms with E-state index in [1.807, 2.05) is 55.5 Å². The SMILES string of the molecule is CCOc1cc(-c2nc3ccccc3c(=O)[nH]2)ccc1OCc1cccc(C)c1. The molecule has 0 amide bonds. The summed E-state index contributed by atoms with van der Waals surface area (Å²) in [5, 5.41) is 0.569. The molecule has 0 aliphatic heterocycles. The monoisotopic (exact) mass is 386 g/mol. The first-order valence-corrected chi connectivity index (χ1v) is 9.58. The van der Waals surface area contributed by atoms with Crippen LogP contribution in [-0.2, 0) is 6.61 Å². The first kappa shape index (κ1) is 18.7. The second-order valence-electron chi connectivity index (χ2n) is 6.80. The summed E-state index contributed by atoms with van der Waals surface area (Å²) in [5.74, 6) is 1.77. The van der Waals surface area contributed by atoms with Crippen LogP contribution in [-0.4, -0.2) is 16.6 Å². The van der Waals surface area contributed by atoms with Crippen molar-refractivity contribution in [2.75, 3.05) is 6.61 Å². The average Bonchev–Trinajstić information content (AvgIpc) is 2.73. The van der Waals surface area contributed by atoms with Crippen LogP contribution in [0.4, 0.5) is 0 Å². The van der Waals surface area contributed by atoms with Gasteiger partial charge in [-0.25, -0.2) is 4.98 Å². The van der Waals surface area contributed by atoms with Gasteiger partial charge >= 0.3 is 0 Å². The molecule has 0 fully saturated rings. The molecule has 0 bridgehead atoms. The number of aromatic amines is 1. The Bertz CT molecular complexity index is 1210. The number of nitrogens with zero attached hydrogens (tertiary/aromatic N) is 1. The number of fused-ring (bicyclic) bond motifs is 1. The highest BCUT2D eigenvalue weighted by molar-refractivity contribution is 5.79. The molecule has 0 saturated heterocycles. The average molecular weight is 386 g/mol. The van der Waals surface area contributed by atoms with Crippen LogP contribution in [0, 0.1) is 6.92 Å². The predicted octanol–water partition coefficient (Wildman–Crippen LogP) is 4.88. The normalized spacial score (nSPS) is 10.8. The van der Waals surface area contributed by atoms with Crippen LogP contribution in [0.5, 0.6) is 11.5 Å². The minimum atomic E-state index is -0.164. The number of aromatic nitrogens is 2. The van der Waals surface area contributed by atoms with Crippen molar-refractivity contribution in [2.24, 2.45) is 0 Å². The molecule has 29 heavy (non-hydrogen) atoms. The first-order chi connectivity index (χ1) is 14.1. The van der Waals surface area contributed by atoms with Gasteiger partial charge in [0.1, 0.15) is 12.4 Å². The summed E-state index contributed by atoms with van der Waals surface area (Å²) in [6.45, 7) is 4.94. The number of ether oxygens (including phenoxy) is 2. The fourth-order valence-electron chi connectivity index (χ4n) is 3.23. The maximum absolute atomic E-state index is 12.4. The van der Waals surface area contributed by atoms with Crippen LogP contribution in [0.1, 0.15) is 18.1 Å². The molecule has 0 atom stereocenters. The molecule has 0 aliphatic carbocycles. The van der Waals surface area contributed by atoms with Crippen molar-refractivity contribution >= 4 is 10.9 Å². The van der Waals surface area contributed by atoms with E-state index in [0.717, 1.165) is 11.1 Å². The molecule has 3 aromatic carbocycles. The highest BCUT2D eigenvalue weighted by Gasteiger charge is 2.11. The number of aryl methyl sites for hydroxylation is 1. The molecule has 146 valence electrons. The minimum absolute atomic E-state index is 0.164. The largest absolute Gasteiger partial charge is 0.490 e. The summed E-state index contributed by atoms with van der Waals surface area (Å²) in [6.07, 6.45) is 0. The number of hydrogen-bond donors (Lipinski definition) is 1. The molecule has 1 aromatic heterocycles. The Hall–Kier alpha value is -3.60. The Morgan fingerprint density at radius 3 is 2.62 bits per heavy atom. The van der Waals surface area contributed by atoms with E-state index in [1.165, 1.54) is 5.56 Å². The number of nitrogens with one attached hydrogen (secondary N) is 1. The Labute approximate surface area is 169 Å². The third-order valence-electron chi connectivity index (χ3n) is 4.61. The standard InChI is InChI=1S/C24H22N2O3/c1-3-28-22-14-18(23-25-20-10-5-4-9-19(20)24(27)26-23)11-12-21(22)29-15-17-8-6-7-16(2)13-17/h4-14H,3,15H2,1-2H3,(H,25,26,27). The van der Waals surface area contributed by atoms with E-state index in [2.05, 4.69) is 29.0 Å². The fourth-order valence-corrected chi connectivity index (χ4v) is 3.23. The Balaban J connectivity index is 1.66. The summed E-state index contributed by atoms with van der Waals surface area (Å²) >= 11 is 0. The van der Waals surface area contributed by atoms with Gasteiger partial charge in [0.05, 0.1) is 17.5 Å². The second kappa shape index (κ2) is 8.19. The molecule has 4 rings (SSSR count). The predicted molar refractivity (Wildman–Crippen MR) is 114 cm³/mol. The summed E-state index contributed by atoms with van der Waals surface area (Å²) in [5.41, 5.74) is 3.54. The lowest BCUT2D eigenvalue weighted by Gasteiger charge is -2.14. The van der Waals surface area contributed by atoms with E-state index in [9.17, 15) is 4.79 Å². The molecule has 5 nitrogen and oxygen atoms in total. The van der Waals surface area contributed by atoms with Crippen LogP contribution in [0.15, 0.2) is 71.5 Å². The van der Waals surface area contributed by atoms with Crippen LogP contribution >= 0.6 is 0 Å². The van der Waals surface area contributed by atoms with E-state index < -0.39 is 0 Å². The zero-order valence-electron chi connectivity index (χ0n) is 16.4. The topological polar surface area (TPSA) is 64.2 Å². The van der Waals surface area contributed by atoms with Crippen molar-refractivity contribution in [3.05, 3.63) is 88.2 Å². The van der Waals surface area contributed by atoms with Gasteiger partial charge in [0, 0.05) is 5.56 Å². The minimum Gasteiger partial charge on any atom is -0.490 e. The van der Waals surface area contributed by atoms with Crippen molar-refractivity contribution in [1.29, 1.82) is 0 Å². The number of benzene rings is 3. The van der Waals surface area contributed by atoms with Crippen molar-refractivity contribution in [1.82, 2.24) is 9.97 Å². The molecular formula is C24H22N2O3. The molecule has 1 N–H and O–H groups in total. The van der Waals surface area contributed by atoms with Crippen molar-refractivity contribution in [3.8, 4) is 22.9 Å². The van der Waals surface area contributed by atoms with E-state index in [4.69, 9.17) is 9.47 Å². The van der Waals surface area contributed by atoms with Crippen molar-refractivity contribution in [3.63, 3.8) is 0 Å². The number of H-pyrrole nitrogens is 1. The Morgan fingerprint density at radius 1 is 0.931 bits per heavy atom.